The van der Waals surface area contributed by atoms with Gasteiger partial charge in [-0.15, -0.1) is 0 Å². The van der Waals surface area contributed by atoms with Gasteiger partial charge in [0.25, 0.3) is 5.91 Å². The van der Waals surface area contributed by atoms with Crippen molar-refractivity contribution in [2.75, 3.05) is 0 Å². The van der Waals surface area contributed by atoms with Crippen LogP contribution in [0.4, 0.5) is 0 Å². The van der Waals surface area contributed by atoms with Gasteiger partial charge < -0.3 is 10.4 Å². The van der Waals surface area contributed by atoms with Crippen molar-refractivity contribution in [3.05, 3.63) is 17.5 Å². The van der Waals surface area contributed by atoms with Gasteiger partial charge in [0.15, 0.2) is 0 Å². The highest BCUT2D eigenvalue weighted by Crippen LogP contribution is 2.39. The molecule has 17 heavy (non-hydrogen) atoms. The molecule has 1 amide bonds. The zero-order valence-electron chi connectivity index (χ0n) is 9.80. The molecule has 0 bridgehead atoms. The molecule has 1 saturated carbocycles. The van der Waals surface area contributed by atoms with E-state index < -0.39 is 17.9 Å². The summed E-state index contributed by atoms with van der Waals surface area (Å²) in [6.07, 6.45) is 2.26. The molecule has 1 aromatic rings. The van der Waals surface area contributed by atoms with Gasteiger partial charge >= 0.3 is 5.97 Å². The first-order valence-electron chi connectivity index (χ1n) is 5.56. The molecule has 6 heteroatoms. The molecule has 0 aromatic carbocycles. The number of aromatic nitrogens is 2. The van der Waals surface area contributed by atoms with Crippen LogP contribution in [0.2, 0.25) is 0 Å². The molecule has 1 aliphatic carbocycles. The standard InChI is InChI=1S/C11H15N3O3/c1-6(11(16)17)12-10(15)8-5-9(7-3-4-7)14(2)13-8/h5-7H,3-4H2,1-2H3,(H,12,15)(H,16,17)/t6-/m1/s1. The molecule has 1 aliphatic rings. The molecule has 1 atom stereocenters. The van der Waals surface area contributed by atoms with Crippen LogP contribution in [0.5, 0.6) is 0 Å². The van der Waals surface area contributed by atoms with Crippen LogP contribution in [0.1, 0.15) is 41.9 Å². The second kappa shape index (κ2) is 4.20. The maximum absolute atomic E-state index is 11.7. The second-order valence-corrected chi connectivity index (χ2v) is 4.39. The van der Waals surface area contributed by atoms with Crippen molar-refractivity contribution in [1.29, 1.82) is 0 Å². The Morgan fingerprint density at radius 2 is 2.24 bits per heavy atom. The fraction of sp³-hybridized carbons (Fsp3) is 0.545. The first-order valence-corrected chi connectivity index (χ1v) is 5.56. The second-order valence-electron chi connectivity index (χ2n) is 4.39. The molecule has 1 heterocycles. The van der Waals surface area contributed by atoms with Gasteiger partial charge in [0.1, 0.15) is 11.7 Å². The van der Waals surface area contributed by atoms with Gasteiger partial charge in [0, 0.05) is 18.7 Å². The van der Waals surface area contributed by atoms with Crippen LogP contribution in [-0.4, -0.2) is 32.8 Å². The number of carbonyl (C=O) groups excluding carboxylic acids is 1. The Morgan fingerprint density at radius 3 is 2.76 bits per heavy atom. The molecular weight excluding hydrogens is 222 g/mol. The molecule has 1 fully saturated rings. The van der Waals surface area contributed by atoms with Gasteiger partial charge in [0.2, 0.25) is 0 Å². The fourth-order valence-electron chi connectivity index (χ4n) is 1.69. The van der Waals surface area contributed by atoms with Crippen molar-refractivity contribution >= 4 is 11.9 Å². The van der Waals surface area contributed by atoms with Gasteiger partial charge in [-0.3, -0.25) is 14.3 Å². The minimum absolute atomic E-state index is 0.280. The summed E-state index contributed by atoms with van der Waals surface area (Å²) in [4.78, 5) is 22.3. The Morgan fingerprint density at radius 1 is 1.59 bits per heavy atom. The lowest BCUT2D eigenvalue weighted by Crippen LogP contribution is -2.38. The molecule has 2 N–H and O–H groups in total. The van der Waals surface area contributed by atoms with E-state index in [0.717, 1.165) is 18.5 Å². The van der Waals surface area contributed by atoms with Crippen LogP contribution >= 0.6 is 0 Å². The Hall–Kier alpha value is -1.85. The van der Waals surface area contributed by atoms with Crippen molar-refractivity contribution in [3.8, 4) is 0 Å². The summed E-state index contributed by atoms with van der Waals surface area (Å²) in [5.41, 5.74) is 1.32. The number of nitrogens with one attached hydrogen (secondary N) is 1. The lowest BCUT2D eigenvalue weighted by atomic mass is 10.2. The summed E-state index contributed by atoms with van der Waals surface area (Å²) in [6.45, 7) is 1.42. The highest BCUT2D eigenvalue weighted by molar-refractivity contribution is 5.94. The average Bonchev–Trinajstić information content (AvgIpc) is 3.02. The number of hydrogen-bond donors (Lipinski definition) is 2. The van der Waals surface area contributed by atoms with Crippen LogP contribution in [0.15, 0.2) is 6.07 Å². The van der Waals surface area contributed by atoms with Gasteiger partial charge in [-0.1, -0.05) is 0 Å². The fourth-order valence-corrected chi connectivity index (χ4v) is 1.69. The van der Waals surface area contributed by atoms with Gasteiger partial charge in [-0.25, -0.2) is 0 Å². The SMILES string of the molecule is C[C@@H](NC(=O)c1cc(C2CC2)n(C)n1)C(=O)O. The summed E-state index contributed by atoms with van der Waals surface area (Å²) >= 11 is 0. The monoisotopic (exact) mass is 237 g/mol. The average molecular weight is 237 g/mol. The summed E-state index contributed by atoms with van der Waals surface area (Å²) < 4.78 is 1.69. The first-order chi connectivity index (χ1) is 7.99. The third kappa shape index (κ3) is 2.46. The third-order valence-electron chi connectivity index (χ3n) is 2.86. The number of carbonyl (C=O) groups is 2. The number of rotatable bonds is 4. The minimum Gasteiger partial charge on any atom is -0.480 e. The van der Waals surface area contributed by atoms with E-state index in [1.807, 2.05) is 0 Å². The van der Waals surface area contributed by atoms with E-state index >= 15 is 0 Å². The van der Waals surface area contributed by atoms with Crippen LogP contribution in [-0.2, 0) is 11.8 Å². The zero-order valence-corrected chi connectivity index (χ0v) is 9.80. The lowest BCUT2D eigenvalue weighted by molar-refractivity contribution is -0.138. The van der Waals surface area contributed by atoms with E-state index in [4.69, 9.17) is 5.11 Å². The molecule has 6 nitrogen and oxygen atoms in total. The molecule has 1 aromatic heterocycles. The molecule has 92 valence electrons. The van der Waals surface area contributed by atoms with Gasteiger partial charge in [0.05, 0.1) is 0 Å². The Balaban J connectivity index is 2.08. The number of hydrogen-bond acceptors (Lipinski definition) is 3. The summed E-state index contributed by atoms with van der Waals surface area (Å²) in [5, 5.41) is 15.2. The third-order valence-corrected chi connectivity index (χ3v) is 2.86. The molecule has 0 saturated heterocycles. The van der Waals surface area contributed by atoms with E-state index in [1.54, 1.807) is 17.8 Å². The minimum atomic E-state index is -1.06. The highest BCUT2D eigenvalue weighted by Gasteiger charge is 2.28. The van der Waals surface area contributed by atoms with E-state index in [2.05, 4.69) is 10.4 Å². The number of carboxylic acids is 1. The lowest BCUT2D eigenvalue weighted by Gasteiger charge is -2.06. The van der Waals surface area contributed by atoms with Crippen LogP contribution in [0.3, 0.4) is 0 Å². The maximum Gasteiger partial charge on any atom is 0.325 e. The summed E-state index contributed by atoms with van der Waals surface area (Å²) in [5.74, 6) is -0.995. The number of amides is 1. The van der Waals surface area contributed by atoms with Gasteiger partial charge in [-0.2, -0.15) is 5.10 Å². The van der Waals surface area contributed by atoms with E-state index in [-0.39, 0.29) is 5.69 Å². The summed E-state index contributed by atoms with van der Waals surface area (Å²) in [7, 11) is 1.80. The molecule has 0 radical (unpaired) electrons. The summed E-state index contributed by atoms with van der Waals surface area (Å²) in [6, 6.07) is 0.829. The number of nitrogens with zero attached hydrogens (tertiary/aromatic N) is 2. The Kier molecular flexibility index (Phi) is 2.87. The van der Waals surface area contributed by atoms with Crippen molar-refractivity contribution in [1.82, 2.24) is 15.1 Å². The molecule has 0 aliphatic heterocycles. The Bertz CT molecular complexity index is 463. The highest BCUT2D eigenvalue weighted by atomic mass is 16.4. The van der Waals surface area contributed by atoms with E-state index in [0.29, 0.717) is 5.92 Å². The number of aryl methyl sites for hydroxylation is 1. The molecular formula is C11H15N3O3. The molecule has 0 unspecified atom stereocenters. The number of aliphatic carboxylic acids is 1. The smallest absolute Gasteiger partial charge is 0.325 e. The van der Waals surface area contributed by atoms with Crippen molar-refractivity contribution in [3.63, 3.8) is 0 Å². The van der Waals surface area contributed by atoms with Crippen LogP contribution in [0, 0.1) is 0 Å². The first kappa shape index (κ1) is 11.6. The number of carboxylic acid groups (broad SMARTS) is 1. The van der Waals surface area contributed by atoms with Crippen LogP contribution < -0.4 is 5.32 Å². The normalized spacial score (nSPS) is 16.6. The van der Waals surface area contributed by atoms with Gasteiger partial charge in [-0.05, 0) is 25.8 Å². The van der Waals surface area contributed by atoms with Crippen LogP contribution in [0.25, 0.3) is 0 Å². The zero-order chi connectivity index (χ0) is 12.6. The predicted octanol–water partition coefficient (Wildman–Crippen LogP) is 0.500. The van der Waals surface area contributed by atoms with E-state index in [1.165, 1.54) is 6.92 Å². The molecule has 2 rings (SSSR count). The van der Waals surface area contributed by atoms with E-state index in [9.17, 15) is 9.59 Å². The van der Waals surface area contributed by atoms with Crippen molar-refractivity contribution in [2.24, 2.45) is 7.05 Å². The molecule has 0 spiro atoms. The maximum atomic E-state index is 11.7. The largest absolute Gasteiger partial charge is 0.480 e. The van der Waals surface area contributed by atoms with Crippen molar-refractivity contribution in [2.45, 2.75) is 31.7 Å². The Labute approximate surface area is 98.6 Å². The predicted molar refractivity (Wildman–Crippen MR) is 59.7 cm³/mol. The van der Waals surface area contributed by atoms with Crippen molar-refractivity contribution < 1.29 is 14.7 Å². The topological polar surface area (TPSA) is 84.2 Å². The quantitative estimate of drug-likeness (QED) is 0.798.